The number of rotatable bonds is 4. The minimum Gasteiger partial charge on any atom is -0.273 e. The molecule has 0 aliphatic carbocycles. The number of nitrogens with zero attached hydrogens (tertiary/aromatic N) is 4. The molecule has 4 rings (SSSR count). The van der Waals surface area contributed by atoms with Gasteiger partial charge in [0.15, 0.2) is 0 Å². The van der Waals surface area contributed by atoms with Crippen LogP contribution in [0.25, 0.3) is 0 Å². The van der Waals surface area contributed by atoms with Crippen LogP contribution in [-0.4, -0.2) is 59.9 Å². The van der Waals surface area contributed by atoms with Crippen LogP contribution in [0.4, 0.5) is 0 Å². The molecule has 2 aliphatic heterocycles. The first-order chi connectivity index (χ1) is 14.4. The first-order valence-corrected chi connectivity index (χ1v) is 11.8. The molecule has 30 heavy (non-hydrogen) atoms. The van der Waals surface area contributed by atoms with E-state index in [2.05, 4.69) is 10.2 Å². The highest BCUT2D eigenvalue weighted by atomic mass is 32.2. The Morgan fingerprint density at radius 2 is 1.07 bits per heavy atom. The number of carbonyl (C=O) groups is 2. The molecule has 2 aromatic rings. The largest absolute Gasteiger partial charge is 0.273 e. The lowest BCUT2D eigenvalue weighted by atomic mass is 10.1. The third-order valence-corrected chi connectivity index (χ3v) is 6.33. The topological polar surface area (TPSA) is 65.3 Å². The summed E-state index contributed by atoms with van der Waals surface area (Å²) in [4.78, 5) is 25.1. The van der Waals surface area contributed by atoms with E-state index in [1.54, 1.807) is 37.6 Å². The van der Waals surface area contributed by atoms with Crippen molar-refractivity contribution in [2.45, 2.75) is 22.6 Å². The number of benzene rings is 2. The molecule has 2 aromatic carbocycles. The van der Waals surface area contributed by atoms with Gasteiger partial charge >= 0.3 is 0 Å². The molecule has 0 saturated carbocycles. The van der Waals surface area contributed by atoms with Crippen LogP contribution in [0.5, 0.6) is 0 Å². The summed E-state index contributed by atoms with van der Waals surface area (Å²) >= 11 is 3.35. The smallest absolute Gasteiger partial charge is 0.248 e. The summed E-state index contributed by atoms with van der Waals surface area (Å²) in [5.74, 6) is 0.113. The van der Waals surface area contributed by atoms with E-state index in [0.717, 1.165) is 22.6 Å². The monoisotopic (exact) mass is 440 g/mol. The summed E-state index contributed by atoms with van der Waals surface area (Å²) < 4.78 is 0. The van der Waals surface area contributed by atoms with Crippen LogP contribution in [0.15, 0.2) is 68.5 Å². The van der Waals surface area contributed by atoms with Crippen molar-refractivity contribution in [1.82, 2.24) is 10.0 Å². The minimum absolute atomic E-state index is 0.0564. The van der Waals surface area contributed by atoms with E-state index < -0.39 is 0 Å². The predicted molar refractivity (Wildman–Crippen MR) is 124 cm³/mol. The van der Waals surface area contributed by atoms with Crippen molar-refractivity contribution in [3.05, 3.63) is 59.7 Å². The average Bonchev–Trinajstić information content (AvgIpc) is 3.29. The lowest BCUT2D eigenvalue weighted by molar-refractivity contribution is -0.128. The van der Waals surface area contributed by atoms with Gasteiger partial charge in [-0.05, 0) is 24.6 Å². The molecule has 2 aliphatic rings. The Bertz CT molecular complexity index is 938. The second kappa shape index (κ2) is 9.95. The number of amides is 2. The van der Waals surface area contributed by atoms with Gasteiger partial charge in [0, 0.05) is 35.0 Å². The van der Waals surface area contributed by atoms with E-state index in [9.17, 15) is 9.59 Å². The second-order valence-electron chi connectivity index (χ2n) is 6.68. The normalized spacial score (nSPS) is 15.7. The number of hydrogen-bond acceptors (Lipinski definition) is 6. The fraction of sp³-hybridized carbons (Fsp3) is 0.273. The van der Waals surface area contributed by atoms with Crippen molar-refractivity contribution in [2.24, 2.45) is 10.2 Å². The summed E-state index contributed by atoms with van der Waals surface area (Å²) in [6.07, 6.45) is 4.88. The molecule has 6 nitrogen and oxygen atoms in total. The van der Waals surface area contributed by atoms with Gasteiger partial charge in [-0.15, -0.1) is 23.5 Å². The molecule has 0 unspecified atom stereocenters. The molecule has 156 valence electrons. The number of thioether (sulfide) groups is 2. The maximum atomic E-state index is 11.4. The van der Waals surface area contributed by atoms with Gasteiger partial charge in [-0.2, -0.15) is 10.2 Å². The Morgan fingerprint density at radius 3 is 1.37 bits per heavy atom. The van der Waals surface area contributed by atoms with Crippen LogP contribution >= 0.6 is 23.5 Å². The fourth-order valence-electron chi connectivity index (χ4n) is 3.12. The van der Waals surface area contributed by atoms with Gasteiger partial charge in [0.1, 0.15) is 0 Å². The zero-order valence-electron chi connectivity index (χ0n) is 17.5. The van der Waals surface area contributed by atoms with Crippen molar-refractivity contribution in [3.63, 3.8) is 0 Å². The molecule has 0 radical (unpaired) electrons. The van der Waals surface area contributed by atoms with E-state index in [1.165, 1.54) is 19.8 Å². The Kier molecular flexibility index (Phi) is 7.33. The van der Waals surface area contributed by atoms with Crippen LogP contribution in [0.1, 0.15) is 24.0 Å². The van der Waals surface area contributed by atoms with Crippen LogP contribution < -0.4 is 0 Å². The first-order valence-electron chi connectivity index (χ1n) is 9.39. The van der Waals surface area contributed by atoms with Gasteiger partial charge in [0.25, 0.3) is 0 Å². The molecule has 0 atom stereocenters. The second-order valence-corrected chi connectivity index (χ2v) is 8.38. The Morgan fingerprint density at radius 1 is 0.700 bits per heavy atom. The lowest BCUT2D eigenvalue weighted by Gasteiger charge is -2.04. The van der Waals surface area contributed by atoms with Crippen molar-refractivity contribution < 1.29 is 9.59 Å². The van der Waals surface area contributed by atoms with Crippen molar-refractivity contribution in [2.75, 3.05) is 26.6 Å². The molecular formula is C22H24N4O2S2. The molecule has 0 N–H and O–H groups in total. The molecule has 0 saturated heterocycles. The van der Waals surface area contributed by atoms with Crippen LogP contribution in [-0.2, 0) is 9.59 Å². The lowest BCUT2D eigenvalue weighted by Crippen LogP contribution is -2.14. The first kappa shape index (κ1) is 22.1. The predicted octanol–water partition coefficient (Wildman–Crippen LogP) is 3.95. The molecule has 0 spiro atoms. The maximum Gasteiger partial charge on any atom is 0.248 e. The molecule has 2 heterocycles. The summed E-state index contributed by atoms with van der Waals surface area (Å²) in [5.41, 5.74) is 3.88. The van der Waals surface area contributed by atoms with Gasteiger partial charge in [0.05, 0.1) is 24.3 Å². The quantitative estimate of drug-likeness (QED) is 0.676. The Balaban J connectivity index is 0.000000171. The number of hydrazone groups is 2. The van der Waals surface area contributed by atoms with Gasteiger partial charge in [-0.3, -0.25) is 9.59 Å². The molecule has 8 heteroatoms. The fourth-order valence-corrected chi connectivity index (χ4v) is 4.36. The van der Waals surface area contributed by atoms with Gasteiger partial charge < -0.3 is 0 Å². The van der Waals surface area contributed by atoms with Gasteiger partial charge in [-0.1, -0.05) is 36.4 Å². The summed E-state index contributed by atoms with van der Waals surface area (Å²) in [6, 6.07) is 16.1. The number of hydrogen-bond donors (Lipinski definition) is 0. The minimum atomic E-state index is 0.0564. The van der Waals surface area contributed by atoms with Gasteiger partial charge in [0.2, 0.25) is 11.8 Å². The van der Waals surface area contributed by atoms with E-state index in [-0.39, 0.29) is 11.8 Å². The van der Waals surface area contributed by atoms with Gasteiger partial charge in [-0.25, -0.2) is 10.0 Å². The third kappa shape index (κ3) is 4.94. The maximum absolute atomic E-state index is 11.4. The Labute approximate surface area is 185 Å². The summed E-state index contributed by atoms with van der Waals surface area (Å²) in [5, 5.41) is 11.3. The third-order valence-electron chi connectivity index (χ3n) is 4.74. The van der Waals surface area contributed by atoms with Crippen LogP contribution in [0.3, 0.4) is 0 Å². The summed E-state index contributed by atoms with van der Waals surface area (Å²) in [6.45, 7) is 0. The Hall–Kier alpha value is -2.58. The average molecular weight is 441 g/mol. The zero-order valence-corrected chi connectivity index (χ0v) is 19.1. The van der Waals surface area contributed by atoms with E-state index in [4.69, 9.17) is 0 Å². The molecule has 2 amide bonds. The van der Waals surface area contributed by atoms with E-state index >= 15 is 0 Å². The highest BCUT2D eigenvalue weighted by molar-refractivity contribution is 7.99. The molecule has 0 fully saturated rings. The van der Waals surface area contributed by atoms with Crippen LogP contribution in [0.2, 0.25) is 0 Å². The zero-order chi connectivity index (χ0) is 21.7. The molecule has 0 aromatic heterocycles. The van der Waals surface area contributed by atoms with Crippen molar-refractivity contribution in [3.8, 4) is 0 Å². The van der Waals surface area contributed by atoms with E-state index in [1.807, 2.05) is 61.0 Å². The highest BCUT2D eigenvalue weighted by Crippen LogP contribution is 2.25. The standard InChI is InChI=1S/2C11H12N2OS/c2*1-13-11(14)7-9(12-13)8-5-3-4-6-10(8)15-2/h2*3-6H,7H2,1-2H3. The molecule has 0 bridgehead atoms. The van der Waals surface area contributed by atoms with Crippen molar-refractivity contribution >= 4 is 46.8 Å². The number of carbonyl (C=O) groups excluding carboxylic acids is 2. The highest BCUT2D eigenvalue weighted by Gasteiger charge is 2.23. The SMILES string of the molecule is CSc1ccccc1C1=NN(C)C(=O)C1.CSc1ccccc1C1=NN(C)C(=O)C1. The molecular weight excluding hydrogens is 416 g/mol. The van der Waals surface area contributed by atoms with Crippen LogP contribution in [0, 0.1) is 0 Å². The summed E-state index contributed by atoms with van der Waals surface area (Å²) in [7, 11) is 3.38. The van der Waals surface area contributed by atoms with Crippen molar-refractivity contribution in [1.29, 1.82) is 0 Å². The van der Waals surface area contributed by atoms with E-state index in [0.29, 0.717) is 12.8 Å².